The van der Waals surface area contributed by atoms with E-state index in [1.807, 2.05) is 35.0 Å². The van der Waals surface area contributed by atoms with Crippen molar-refractivity contribution >= 4 is 11.6 Å². The van der Waals surface area contributed by atoms with Gasteiger partial charge in [0.1, 0.15) is 12.4 Å². The number of nitrogens with zero attached hydrogens (tertiary/aromatic N) is 4. The zero-order valence-corrected chi connectivity index (χ0v) is 11.7. The van der Waals surface area contributed by atoms with Crippen LogP contribution in [0.25, 0.3) is 11.4 Å². The summed E-state index contributed by atoms with van der Waals surface area (Å²) in [4.78, 5) is 8.65. The standard InChI is InChI=1S/C14H13ClN4O/c1-2-12-16-6-7-19(12)9-13-17-14(18-20-13)10-4-3-5-11(15)8-10/h3-8H,2,9H2,1H3. The van der Waals surface area contributed by atoms with Gasteiger partial charge in [-0.1, -0.05) is 35.8 Å². The highest BCUT2D eigenvalue weighted by Gasteiger charge is 2.10. The molecule has 102 valence electrons. The van der Waals surface area contributed by atoms with Gasteiger partial charge in [-0.05, 0) is 12.1 Å². The Hall–Kier alpha value is -2.14. The van der Waals surface area contributed by atoms with Crippen LogP contribution in [0.5, 0.6) is 0 Å². The molecule has 0 radical (unpaired) electrons. The van der Waals surface area contributed by atoms with Crippen LogP contribution in [0.4, 0.5) is 0 Å². The molecule has 1 aromatic carbocycles. The molecule has 2 aromatic heterocycles. The number of imidazole rings is 1. The van der Waals surface area contributed by atoms with Crippen molar-refractivity contribution in [1.29, 1.82) is 0 Å². The van der Waals surface area contributed by atoms with Crippen LogP contribution in [0.1, 0.15) is 18.6 Å². The predicted octanol–water partition coefficient (Wildman–Crippen LogP) is 3.20. The third-order valence-electron chi connectivity index (χ3n) is 2.97. The molecular formula is C14H13ClN4O. The Morgan fingerprint density at radius 2 is 2.25 bits per heavy atom. The van der Waals surface area contributed by atoms with Crippen molar-refractivity contribution in [1.82, 2.24) is 19.7 Å². The summed E-state index contributed by atoms with van der Waals surface area (Å²) < 4.78 is 7.27. The van der Waals surface area contributed by atoms with Gasteiger partial charge in [0.15, 0.2) is 0 Å². The molecule has 0 amide bonds. The lowest BCUT2D eigenvalue weighted by molar-refractivity contribution is 0.370. The molecule has 0 aliphatic heterocycles. The van der Waals surface area contributed by atoms with Gasteiger partial charge in [-0.2, -0.15) is 4.98 Å². The molecule has 0 saturated heterocycles. The van der Waals surface area contributed by atoms with Crippen LogP contribution in [0.2, 0.25) is 5.02 Å². The van der Waals surface area contributed by atoms with Crippen molar-refractivity contribution in [3.8, 4) is 11.4 Å². The third-order valence-corrected chi connectivity index (χ3v) is 3.21. The molecule has 0 aliphatic rings. The van der Waals surface area contributed by atoms with E-state index in [1.54, 1.807) is 6.20 Å². The molecule has 0 unspecified atom stereocenters. The van der Waals surface area contributed by atoms with Crippen LogP contribution in [0, 0.1) is 0 Å². The molecule has 3 rings (SSSR count). The van der Waals surface area contributed by atoms with Crippen LogP contribution >= 0.6 is 11.6 Å². The van der Waals surface area contributed by atoms with Crippen molar-refractivity contribution < 1.29 is 4.52 Å². The number of rotatable bonds is 4. The minimum atomic E-state index is 0.525. The maximum absolute atomic E-state index is 5.96. The minimum absolute atomic E-state index is 0.525. The van der Waals surface area contributed by atoms with Gasteiger partial charge >= 0.3 is 0 Å². The van der Waals surface area contributed by atoms with Gasteiger partial charge in [-0.3, -0.25) is 0 Å². The zero-order chi connectivity index (χ0) is 13.9. The summed E-state index contributed by atoms with van der Waals surface area (Å²) in [5.74, 6) is 2.08. The second kappa shape index (κ2) is 5.46. The number of aromatic nitrogens is 4. The summed E-state index contributed by atoms with van der Waals surface area (Å²) in [6.45, 7) is 2.58. The molecule has 0 bridgehead atoms. The molecule has 0 spiro atoms. The number of hydrogen-bond donors (Lipinski definition) is 0. The summed E-state index contributed by atoms with van der Waals surface area (Å²) in [7, 11) is 0. The summed E-state index contributed by atoms with van der Waals surface area (Å²) in [6, 6.07) is 7.38. The number of benzene rings is 1. The second-order valence-electron chi connectivity index (χ2n) is 4.35. The van der Waals surface area contributed by atoms with E-state index in [9.17, 15) is 0 Å². The van der Waals surface area contributed by atoms with Crippen LogP contribution < -0.4 is 0 Å². The highest BCUT2D eigenvalue weighted by molar-refractivity contribution is 6.30. The highest BCUT2D eigenvalue weighted by Crippen LogP contribution is 2.20. The first kappa shape index (κ1) is 12.9. The first-order valence-electron chi connectivity index (χ1n) is 6.35. The molecule has 0 saturated carbocycles. The highest BCUT2D eigenvalue weighted by atomic mass is 35.5. The summed E-state index contributed by atoms with van der Waals surface area (Å²) in [6.07, 6.45) is 4.54. The van der Waals surface area contributed by atoms with Crippen molar-refractivity contribution in [3.63, 3.8) is 0 Å². The fraction of sp³-hybridized carbons (Fsp3) is 0.214. The Balaban J connectivity index is 1.84. The summed E-state index contributed by atoms with van der Waals surface area (Å²) in [5, 5.41) is 4.63. The minimum Gasteiger partial charge on any atom is -0.337 e. The van der Waals surface area contributed by atoms with Gasteiger partial charge in [0, 0.05) is 29.4 Å². The van der Waals surface area contributed by atoms with Crippen molar-refractivity contribution in [2.75, 3.05) is 0 Å². The van der Waals surface area contributed by atoms with Crippen LogP contribution in [0.15, 0.2) is 41.2 Å². The van der Waals surface area contributed by atoms with Crippen LogP contribution in [0.3, 0.4) is 0 Å². The summed E-state index contributed by atoms with van der Waals surface area (Å²) in [5.41, 5.74) is 0.842. The van der Waals surface area contributed by atoms with E-state index in [4.69, 9.17) is 16.1 Å². The maximum atomic E-state index is 5.96. The molecule has 5 nitrogen and oxygen atoms in total. The van der Waals surface area contributed by atoms with Gasteiger partial charge < -0.3 is 9.09 Å². The monoisotopic (exact) mass is 288 g/mol. The normalized spacial score (nSPS) is 10.9. The molecular weight excluding hydrogens is 276 g/mol. The molecule has 3 aromatic rings. The SMILES string of the molecule is CCc1nccn1Cc1nc(-c2cccc(Cl)c2)no1. The molecule has 0 N–H and O–H groups in total. The number of aryl methyl sites for hydroxylation is 1. The first-order valence-corrected chi connectivity index (χ1v) is 6.72. The molecule has 6 heteroatoms. The van der Waals surface area contributed by atoms with Gasteiger partial charge in [0.25, 0.3) is 0 Å². The average molecular weight is 289 g/mol. The average Bonchev–Trinajstić information content (AvgIpc) is 3.08. The van der Waals surface area contributed by atoms with E-state index in [1.165, 1.54) is 0 Å². The zero-order valence-electron chi connectivity index (χ0n) is 11.0. The molecule has 0 fully saturated rings. The van der Waals surface area contributed by atoms with Gasteiger partial charge in [-0.25, -0.2) is 4.98 Å². The van der Waals surface area contributed by atoms with Gasteiger partial charge in [-0.15, -0.1) is 0 Å². The van der Waals surface area contributed by atoms with E-state index in [-0.39, 0.29) is 0 Å². The Kier molecular flexibility index (Phi) is 3.52. The van der Waals surface area contributed by atoms with Crippen molar-refractivity contribution in [2.24, 2.45) is 0 Å². The molecule has 2 heterocycles. The Bertz CT molecular complexity index is 719. The lowest BCUT2D eigenvalue weighted by Crippen LogP contribution is -2.03. The largest absolute Gasteiger partial charge is 0.337 e. The predicted molar refractivity (Wildman–Crippen MR) is 75.5 cm³/mol. The lowest BCUT2D eigenvalue weighted by Gasteiger charge is -2.01. The third kappa shape index (κ3) is 2.58. The van der Waals surface area contributed by atoms with Crippen LogP contribution in [-0.2, 0) is 13.0 Å². The topological polar surface area (TPSA) is 56.7 Å². The quantitative estimate of drug-likeness (QED) is 0.740. The lowest BCUT2D eigenvalue weighted by atomic mass is 10.2. The molecule has 0 aliphatic carbocycles. The van der Waals surface area contributed by atoms with Crippen LogP contribution in [-0.4, -0.2) is 19.7 Å². The maximum Gasteiger partial charge on any atom is 0.246 e. The fourth-order valence-electron chi connectivity index (χ4n) is 2.01. The van der Waals surface area contributed by atoms with Gasteiger partial charge in [0.2, 0.25) is 11.7 Å². The van der Waals surface area contributed by atoms with Crippen molar-refractivity contribution in [3.05, 3.63) is 53.4 Å². The Morgan fingerprint density at radius 3 is 3.05 bits per heavy atom. The van der Waals surface area contributed by atoms with E-state index < -0.39 is 0 Å². The summed E-state index contributed by atoms with van der Waals surface area (Å²) >= 11 is 5.96. The fourth-order valence-corrected chi connectivity index (χ4v) is 2.20. The van der Waals surface area contributed by atoms with Crippen molar-refractivity contribution in [2.45, 2.75) is 19.9 Å². The Morgan fingerprint density at radius 1 is 1.35 bits per heavy atom. The number of hydrogen-bond acceptors (Lipinski definition) is 4. The van der Waals surface area contributed by atoms with Gasteiger partial charge in [0.05, 0.1) is 0 Å². The Labute approximate surface area is 121 Å². The van der Waals surface area contributed by atoms with E-state index in [0.29, 0.717) is 23.3 Å². The van der Waals surface area contributed by atoms with E-state index in [2.05, 4.69) is 22.0 Å². The first-order chi connectivity index (χ1) is 9.76. The number of halogens is 1. The smallest absolute Gasteiger partial charge is 0.246 e. The molecule has 0 atom stereocenters. The second-order valence-corrected chi connectivity index (χ2v) is 4.78. The molecule has 20 heavy (non-hydrogen) atoms. The van der Waals surface area contributed by atoms with E-state index in [0.717, 1.165) is 17.8 Å². The van der Waals surface area contributed by atoms with E-state index >= 15 is 0 Å².